The lowest BCUT2D eigenvalue weighted by molar-refractivity contribution is -0.138. The fourth-order valence-electron chi connectivity index (χ4n) is 2.24. The fraction of sp³-hybridized carbons (Fsp3) is 0.429. The van der Waals surface area contributed by atoms with Gasteiger partial charge in [0.1, 0.15) is 6.10 Å². The first-order valence-corrected chi connectivity index (χ1v) is 7.60. The Hall–Kier alpha value is -1.50. The summed E-state index contributed by atoms with van der Waals surface area (Å²) in [5, 5.41) is 3.33. The number of amides is 3. The Kier molecular flexibility index (Phi) is 5.88. The average Bonchev–Trinajstić information content (AvgIpc) is 2.49. The van der Waals surface area contributed by atoms with Crippen LogP contribution in [0.3, 0.4) is 0 Å². The van der Waals surface area contributed by atoms with Crippen LogP contribution in [0.15, 0.2) is 18.2 Å². The maximum absolute atomic E-state index is 12.1. The molecule has 8 heteroatoms. The van der Waals surface area contributed by atoms with Gasteiger partial charge in [0.2, 0.25) is 5.91 Å². The Bertz CT molecular complexity index is 568. The zero-order valence-electron chi connectivity index (χ0n) is 11.9. The first kappa shape index (κ1) is 16.9. The number of hydrogen-bond acceptors (Lipinski definition) is 3. The third kappa shape index (κ3) is 4.50. The summed E-state index contributed by atoms with van der Waals surface area (Å²) in [5.74, 6) is -0.0536. The van der Waals surface area contributed by atoms with Crippen molar-refractivity contribution in [3.8, 4) is 0 Å². The highest BCUT2D eigenvalue weighted by Gasteiger charge is 2.25. The molecule has 0 radical (unpaired) electrons. The van der Waals surface area contributed by atoms with Gasteiger partial charge in [-0.3, -0.25) is 4.79 Å². The summed E-state index contributed by atoms with van der Waals surface area (Å²) in [5.41, 5.74) is 5.84. The summed E-state index contributed by atoms with van der Waals surface area (Å²) < 4.78 is 5.70. The van der Waals surface area contributed by atoms with Crippen molar-refractivity contribution >= 4 is 35.1 Å². The third-order valence-corrected chi connectivity index (χ3v) is 4.11. The van der Waals surface area contributed by atoms with Crippen LogP contribution in [0.2, 0.25) is 10.0 Å². The lowest BCUT2D eigenvalue weighted by Gasteiger charge is -2.33. The second kappa shape index (κ2) is 7.67. The molecule has 1 aromatic rings. The van der Waals surface area contributed by atoms with E-state index in [0.717, 1.165) is 5.56 Å². The minimum Gasteiger partial charge on any atom is -0.370 e. The van der Waals surface area contributed by atoms with E-state index in [4.69, 9.17) is 33.7 Å². The molecular formula is C14H17Cl2N3O3. The van der Waals surface area contributed by atoms with Crippen molar-refractivity contribution in [2.24, 2.45) is 5.73 Å². The van der Waals surface area contributed by atoms with Crippen LogP contribution in [0.25, 0.3) is 0 Å². The van der Waals surface area contributed by atoms with Crippen LogP contribution in [0, 0.1) is 0 Å². The van der Waals surface area contributed by atoms with E-state index in [1.54, 1.807) is 17.0 Å². The van der Waals surface area contributed by atoms with Crippen molar-refractivity contribution in [2.45, 2.75) is 12.5 Å². The number of hydrogen-bond donors (Lipinski definition) is 2. The number of rotatable bonds is 4. The third-order valence-electron chi connectivity index (χ3n) is 3.37. The average molecular weight is 346 g/mol. The molecule has 3 N–H and O–H groups in total. The molecule has 3 amide bonds. The van der Waals surface area contributed by atoms with Crippen molar-refractivity contribution < 1.29 is 14.3 Å². The molecule has 0 unspecified atom stereocenters. The van der Waals surface area contributed by atoms with E-state index < -0.39 is 6.03 Å². The van der Waals surface area contributed by atoms with E-state index in [1.165, 1.54) is 0 Å². The molecule has 1 aliphatic heterocycles. The lowest BCUT2D eigenvalue weighted by Crippen LogP contribution is -2.43. The number of nitrogens with two attached hydrogens (primary N) is 1. The van der Waals surface area contributed by atoms with Gasteiger partial charge < -0.3 is 20.7 Å². The van der Waals surface area contributed by atoms with Crippen LogP contribution in [0.4, 0.5) is 4.79 Å². The number of nitrogens with zero attached hydrogens (tertiary/aromatic N) is 1. The van der Waals surface area contributed by atoms with Gasteiger partial charge >= 0.3 is 6.03 Å². The molecule has 22 heavy (non-hydrogen) atoms. The van der Waals surface area contributed by atoms with E-state index in [9.17, 15) is 9.59 Å². The van der Waals surface area contributed by atoms with Gasteiger partial charge in [0.25, 0.3) is 0 Å². The number of benzene rings is 1. The zero-order valence-corrected chi connectivity index (χ0v) is 13.4. The summed E-state index contributed by atoms with van der Waals surface area (Å²) in [6, 6.07) is 4.65. The van der Waals surface area contributed by atoms with Gasteiger partial charge in [0, 0.05) is 19.5 Å². The van der Waals surface area contributed by atoms with Crippen LogP contribution in [-0.4, -0.2) is 43.1 Å². The second-order valence-electron chi connectivity index (χ2n) is 4.91. The van der Waals surface area contributed by atoms with Gasteiger partial charge in [-0.2, -0.15) is 0 Å². The molecule has 0 spiro atoms. The molecule has 1 fully saturated rings. The van der Waals surface area contributed by atoms with Crippen molar-refractivity contribution in [3.63, 3.8) is 0 Å². The van der Waals surface area contributed by atoms with E-state index in [-0.39, 0.29) is 25.0 Å². The van der Waals surface area contributed by atoms with Crippen molar-refractivity contribution in [3.05, 3.63) is 33.8 Å². The highest BCUT2D eigenvalue weighted by molar-refractivity contribution is 6.42. The van der Waals surface area contributed by atoms with Gasteiger partial charge in [0.05, 0.1) is 23.2 Å². The summed E-state index contributed by atoms with van der Waals surface area (Å²) in [6.45, 7) is 1.63. The quantitative estimate of drug-likeness (QED) is 0.874. The minimum absolute atomic E-state index is 0.0536. The molecule has 1 aliphatic rings. The van der Waals surface area contributed by atoms with Gasteiger partial charge in [-0.15, -0.1) is 0 Å². The zero-order chi connectivity index (χ0) is 16.1. The van der Waals surface area contributed by atoms with Gasteiger partial charge in [-0.05, 0) is 17.7 Å². The Morgan fingerprint density at radius 3 is 2.82 bits per heavy atom. The van der Waals surface area contributed by atoms with Crippen LogP contribution in [0.5, 0.6) is 0 Å². The molecule has 1 saturated heterocycles. The maximum Gasteiger partial charge on any atom is 0.312 e. The van der Waals surface area contributed by atoms with Gasteiger partial charge in [-0.25, -0.2) is 4.79 Å². The van der Waals surface area contributed by atoms with E-state index in [1.807, 2.05) is 6.07 Å². The lowest BCUT2D eigenvalue weighted by atomic mass is 10.1. The van der Waals surface area contributed by atoms with Crippen molar-refractivity contribution in [1.29, 1.82) is 0 Å². The van der Waals surface area contributed by atoms with Crippen LogP contribution in [-0.2, 0) is 9.53 Å². The smallest absolute Gasteiger partial charge is 0.312 e. The fourth-order valence-corrected chi connectivity index (χ4v) is 2.55. The summed E-state index contributed by atoms with van der Waals surface area (Å²) in [7, 11) is 0. The number of urea groups is 1. The van der Waals surface area contributed by atoms with Crippen LogP contribution in [0.1, 0.15) is 18.1 Å². The predicted octanol–water partition coefficient (Wildman–Crippen LogP) is 1.95. The molecule has 6 nitrogen and oxygen atoms in total. The van der Waals surface area contributed by atoms with Gasteiger partial charge in [-0.1, -0.05) is 29.3 Å². The van der Waals surface area contributed by atoms with Gasteiger partial charge in [0.15, 0.2) is 0 Å². The highest BCUT2D eigenvalue weighted by atomic mass is 35.5. The number of carbonyl (C=O) groups is 2. The normalized spacial score (nSPS) is 18.1. The highest BCUT2D eigenvalue weighted by Crippen LogP contribution is 2.29. The monoisotopic (exact) mass is 345 g/mol. The molecule has 1 heterocycles. The molecule has 120 valence electrons. The summed E-state index contributed by atoms with van der Waals surface area (Å²) in [4.78, 5) is 24.4. The minimum atomic E-state index is -0.636. The number of nitrogens with one attached hydrogen (secondary N) is 1. The Balaban J connectivity index is 1.94. The molecule has 2 rings (SSSR count). The SMILES string of the molecule is NC(=O)NCCC(=O)N1CCO[C@H](c2ccc(Cl)c(Cl)c2)C1. The molecule has 0 aromatic heterocycles. The first-order valence-electron chi connectivity index (χ1n) is 6.85. The summed E-state index contributed by atoms with van der Waals surface area (Å²) in [6.07, 6.45) is -0.0339. The van der Waals surface area contributed by atoms with Crippen molar-refractivity contribution in [2.75, 3.05) is 26.2 Å². The largest absolute Gasteiger partial charge is 0.370 e. The molecular weight excluding hydrogens is 329 g/mol. The Morgan fingerprint density at radius 2 is 2.14 bits per heavy atom. The molecule has 1 atom stereocenters. The number of halogens is 2. The van der Waals surface area contributed by atoms with Crippen LogP contribution >= 0.6 is 23.2 Å². The first-order chi connectivity index (χ1) is 10.5. The molecule has 0 aliphatic carbocycles. The van der Waals surface area contributed by atoms with E-state index >= 15 is 0 Å². The Labute approximate surface area is 138 Å². The van der Waals surface area contributed by atoms with E-state index in [0.29, 0.717) is 29.7 Å². The topological polar surface area (TPSA) is 84.7 Å². The number of morpholine rings is 1. The molecule has 0 bridgehead atoms. The van der Waals surface area contributed by atoms with E-state index in [2.05, 4.69) is 5.32 Å². The molecule has 0 saturated carbocycles. The summed E-state index contributed by atoms with van der Waals surface area (Å²) >= 11 is 11.9. The number of ether oxygens (including phenoxy) is 1. The standard InChI is InChI=1S/C14H17Cl2N3O3/c15-10-2-1-9(7-11(10)16)12-8-19(5-6-22-12)13(20)3-4-18-14(17)21/h1-2,7,12H,3-6,8H2,(H3,17,18,21)/t12-/m0/s1. The second-order valence-corrected chi connectivity index (χ2v) is 5.73. The number of primary amides is 1. The maximum atomic E-state index is 12.1. The predicted molar refractivity (Wildman–Crippen MR) is 83.9 cm³/mol. The van der Waals surface area contributed by atoms with Crippen molar-refractivity contribution in [1.82, 2.24) is 10.2 Å². The number of carbonyl (C=O) groups excluding carboxylic acids is 2. The Morgan fingerprint density at radius 1 is 1.36 bits per heavy atom. The molecule has 1 aromatic carbocycles. The van der Waals surface area contributed by atoms with Crippen LogP contribution < -0.4 is 11.1 Å².